The third kappa shape index (κ3) is 5.48. The second-order valence-electron chi connectivity index (χ2n) is 5.74. The number of hydrogen-bond donors (Lipinski definition) is 1. The summed E-state index contributed by atoms with van der Waals surface area (Å²) in [5, 5.41) is 3.84. The van der Waals surface area contributed by atoms with Crippen molar-refractivity contribution in [3.05, 3.63) is 69.7 Å². The Morgan fingerprint density at radius 3 is 1.92 bits per heavy atom. The van der Waals surface area contributed by atoms with Gasteiger partial charge in [-0.15, -0.1) is 0 Å². The second kappa shape index (κ2) is 8.88. The standard InChI is InChI=1S/C19H20Cl2N2O2/c1-13(19(25)22-2)23(12-15-5-9-17(21)10-6-15)18(24)11-14-3-7-16(20)8-4-14/h3-10,13H,11-12H2,1-2H3,(H,22,25)/t13-/m1/s1. The first-order chi connectivity index (χ1) is 11.9. The summed E-state index contributed by atoms with van der Waals surface area (Å²) in [6.07, 6.45) is 0.200. The van der Waals surface area contributed by atoms with E-state index in [4.69, 9.17) is 23.2 Å². The molecule has 0 radical (unpaired) electrons. The van der Waals surface area contributed by atoms with Crippen LogP contribution in [0.1, 0.15) is 18.1 Å². The first-order valence-corrected chi connectivity index (χ1v) is 8.66. The summed E-state index contributed by atoms with van der Waals surface area (Å²) in [4.78, 5) is 26.4. The maximum Gasteiger partial charge on any atom is 0.242 e. The molecule has 2 rings (SSSR count). The van der Waals surface area contributed by atoms with Crippen LogP contribution < -0.4 is 5.32 Å². The van der Waals surface area contributed by atoms with Gasteiger partial charge in [0.25, 0.3) is 0 Å². The molecule has 0 bridgehead atoms. The smallest absolute Gasteiger partial charge is 0.242 e. The Labute approximate surface area is 157 Å². The third-order valence-corrected chi connectivity index (χ3v) is 4.45. The van der Waals surface area contributed by atoms with E-state index in [-0.39, 0.29) is 18.2 Å². The summed E-state index contributed by atoms with van der Waals surface area (Å²) < 4.78 is 0. The topological polar surface area (TPSA) is 49.4 Å². The van der Waals surface area contributed by atoms with E-state index < -0.39 is 6.04 Å². The number of rotatable bonds is 6. The molecule has 0 saturated heterocycles. The Balaban J connectivity index is 2.20. The lowest BCUT2D eigenvalue weighted by atomic mass is 10.1. The lowest BCUT2D eigenvalue weighted by Crippen LogP contribution is -2.47. The molecule has 2 aromatic carbocycles. The van der Waals surface area contributed by atoms with E-state index >= 15 is 0 Å². The van der Waals surface area contributed by atoms with E-state index in [2.05, 4.69) is 5.32 Å². The molecule has 2 aromatic rings. The summed E-state index contributed by atoms with van der Waals surface area (Å²) in [6, 6.07) is 13.8. The quantitative estimate of drug-likeness (QED) is 0.832. The van der Waals surface area contributed by atoms with Crippen molar-refractivity contribution in [1.29, 1.82) is 0 Å². The normalized spacial score (nSPS) is 11.7. The zero-order valence-electron chi connectivity index (χ0n) is 14.1. The van der Waals surface area contributed by atoms with Crippen LogP contribution in [0.4, 0.5) is 0 Å². The molecule has 4 nitrogen and oxygen atoms in total. The van der Waals surface area contributed by atoms with Crippen LogP contribution in [0.5, 0.6) is 0 Å². The summed E-state index contributed by atoms with van der Waals surface area (Å²) in [5.41, 5.74) is 1.75. The van der Waals surface area contributed by atoms with Crippen LogP contribution in [0.25, 0.3) is 0 Å². The van der Waals surface area contributed by atoms with Gasteiger partial charge in [0.1, 0.15) is 6.04 Å². The zero-order chi connectivity index (χ0) is 18.4. The van der Waals surface area contributed by atoms with Crippen molar-refractivity contribution in [2.75, 3.05) is 7.05 Å². The first-order valence-electron chi connectivity index (χ1n) is 7.90. The molecule has 0 aliphatic carbocycles. The molecule has 2 amide bonds. The van der Waals surface area contributed by atoms with Gasteiger partial charge in [-0.1, -0.05) is 47.5 Å². The van der Waals surface area contributed by atoms with Crippen molar-refractivity contribution >= 4 is 35.0 Å². The van der Waals surface area contributed by atoms with Gasteiger partial charge in [-0.05, 0) is 42.3 Å². The van der Waals surface area contributed by atoms with Crippen LogP contribution >= 0.6 is 23.2 Å². The van der Waals surface area contributed by atoms with Gasteiger partial charge in [0.05, 0.1) is 6.42 Å². The van der Waals surface area contributed by atoms with Gasteiger partial charge in [0.15, 0.2) is 0 Å². The van der Waals surface area contributed by atoms with Crippen molar-refractivity contribution in [1.82, 2.24) is 10.2 Å². The van der Waals surface area contributed by atoms with Gasteiger partial charge in [0.2, 0.25) is 11.8 Å². The molecule has 0 saturated carbocycles. The molecule has 0 spiro atoms. The van der Waals surface area contributed by atoms with Crippen LogP contribution in [-0.2, 0) is 22.6 Å². The lowest BCUT2D eigenvalue weighted by molar-refractivity contribution is -0.139. The number of likely N-dealkylation sites (N-methyl/N-ethyl adjacent to an activating group) is 1. The fraction of sp³-hybridized carbons (Fsp3) is 0.263. The largest absolute Gasteiger partial charge is 0.357 e. The monoisotopic (exact) mass is 378 g/mol. The van der Waals surface area contributed by atoms with Gasteiger partial charge in [0, 0.05) is 23.6 Å². The molecule has 0 unspecified atom stereocenters. The molecule has 25 heavy (non-hydrogen) atoms. The highest BCUT2D eigenvalue weighted by molar-refractivity contribution is 6.30. The number of amides is 2. The van der Waals surface area contributed by atoms with E-state index in [0.29, 0.717) is 16.6 Å². The Kier molecular flexibility index (Phi) is 6.85. The number of halogens is 2. The van der Waals surface area contributed by atoms with E-state index in [1.165, 1.54) is 0 Å². The van der Waals surface area contributed by atoms with E-state index in [1.807, 2.05) is 24.3 Å². The number of nitrogens with zero attached hydrogens (tertiary/aromatic N) is 1. The summed E-state index contributed by atoms with van der Waals surface area (Å²) in [6.45, 7) is 2.05. The van der Waals surface area contributed by atoms with Crippen molar-refractivity contribution in [2.45, 2.75) is 25.9 Å². The van der Waals surface area contributed by atoms with E-state index in [0.717, 1.165) is 11.1 Å². The second-order valence-corrected chi connectivity index (χ2v) is 6.61. The summed E-state index contributed by atoms with van der Waals surface area (Å²) >= 11 is 11.8. The first kappa shape index (κ1) is 19.3. The molecule has 0 aliphatic heterocycles. The van der Waals surface area contributed by atoms with Gasteiger partial charge < -0.3 is 10.2 Å². The minimum Gasteiger partial charge on any atom is -0.357 e. The highest BCUT2D eigenvalue weighted by Gasteiger charge is 2.25. The molecule has 6 heteroatoms. The van der Waals surface area contributed by atoms with E-state index in [9.17, 15) is 9.59 Å². The summed E-state index contributed by atoms with van der Waals surface area (Å²) in [5.74, 6) is -0.341. The average molecular weight is 379 g/mol. The number of carbonyl (C=O) groups is 2. The molecule has 0 aromatic heterocycles. The number of nitrogens with one attached hydrogen (secondary N) is 1. The average Bonchev–Trinajstić information content (AvgIpc) is 2.61. The van der Waals surface area contributed by atoms with Crippen molar-refractivity contribution in [3.8, 4) is 0 Å². The molecule has 1 N–H and O–H groups in total. The number of hydrogen-bond acceptors (Lipinski definition) is 2. The highest BCUT2D eigenvalue weighted by atomic mass is 35.5. The molecular weight excluding hydrogens is 359 g/mol. The Morgan fingerprint density at radius 1 is 0.960 bits per heavy atom. The minimum atomic E-state index is -0.583. The molecule has 1 atom stereocenters. The van der Waals surface area contributed by atoms with E-state index in [1.54, 1.807) is 43.1 Å². The van der Waals surface area contributed by atoms with Gasteiger partial charge in [-0.2, -0.15) is 0 Å². The molecule has 132 valence electrons. The Morgan fingerprint density at radius 2 is 1.44 bits per heavy atom. The fourth-order valence-electron chi connectivity index (χ4n) is 2.46. The molecular formula is C19H20Cl2N2O2. The van der Waals surface area contributed by atoms with Gasteiger partial charge in [-0.25, -0.2) is 0 Å². The SMILES string of the molecule is CNC(=O)[C@@H](C)N(Cc1ccc(Cl)cc1)C(=O)Cc1ccc(Cl)cc1. The molecule has 0 fully saturated rings. The van der Waals surface area contributed by atoms with Crippen LogP contribution in [0.15, 0.2) is 48.5 Å². The van der Waals surface area contributed by atoms with Crippen LogP contribution in [-0.4, -0.2) is 29.8 Å². The highest BCUT2D eigenvalue weighted by Crippen LogP contribution is 2.16. The maximum absolute atomic E-state index is 12.8. The lowest BCUT2D eigenvalue weighted by Gasteiger charge is -2.28. The predicted molar refractivity (Wildman–Crippen MR) is 101 cm³/mol. The predicted octanol–water partition coefficient (Wildman–Crippen LogP) is 3.70. The molecule has 0 aliphatic rings. The van der Waals surface area contributed by atoms with Crippen molar-refractivity contribution in [3.63, 3.8) is 0 Å². The third-order valence-electron chi connectivity index (χ3n) is 3.95. The number of benzene rings is 2. The maximum atomic E-state index is 12.8. The number of carbonyl (C=O) groups excluding carboxylic acids is 2. The minimum absolute atomic E-state index is 0.131. The Hall–Kier alpha value is -2.04. The van der Waals surface area contributed by atoms with Crippen molar-refractivity contribution < 1.29 is 9.59 Å². The van der Waals surface area contributed by atoms with Gasteiger partial charge in [-0.3, -0.25) is 9.59 Å². The van der Waals surface area contributed by atoms with Crippen LogP contribution in [0.2, 0.25) is 10.0 Å². The van der Waals surface area contributed by atoms with Crippen LogP contribution in [0.3, 0.4) is 0 Å². The fourth-order valence-corrected chi connectivity index (χ4v) is 2.71. The Bertz CT molecular complexity index is 730. The van der Waals surface area contributed by atoms with Crippen molar-refractivity contribution in [2.24, 2.45) is 0 Å². The molecule has 0 heterocycles. The zero-order valence-corrected chi connectivity index (χ0v) is 15.6. The van der Waals surface area contributed by atoms with Crippen LogP contribution in [0, 0.1) is 0 Å². The van der Waals surface area contributed by atoms with Gasteiger partial charge >= 0.3 is 0 Å². The summed E-state index contributed by atoms with van der Waals surface area (Å²) in [7, 11) is 1.56.